The second-order valence-corrected chi connectivity index (χ2v) is 6.93. The molecule has 3 aliphatic heterocycles. The smallest absolute Gasteiger partial charge is 0.355 e. The molecule has 0 amide bonds. The topological polar surface area (TPSA) is 32.8 Å². The highest BCUT2D eigenvalue weighted by molar-refractivity contribution is 5.89. The van der Waals surface area contributed by atoms with Gasteiger partial charge in [0.1, 0.15) is 5.70 Å². The van der Waals surface area contributed by atoms with Crippen LogP contribution in [0.3, 0.4) is 0 Å². The average molecular weight is 262 g/mol. The van der Waals surface area contributed by atoms with Crippen molar-refractivity contribution in [2.45, 2.75) is 52.6 Å². The SMILES string of the molecule is COC(=O)C1=CC2N3C(=C(C)C2(C)C)CC(C)(C)N13. The van der Waals surface area contributed by atoms with E-state index in [9.17, 15) is 4.79 Å². The predicted molar refractivity (Wildman–Crippen MR) is 72.7 cm³/mol. The summed E-state index contributed by atoms with van der Waals surface area (Å²) in [6, 6.07) is 0.235. The van der Waals surface area contributed by atoms with E-state index in [1.54, 1.807) is 0 Å². The molecule has 0 saturated carbocycles. The Morgan fingerprint density at radius 1 is 1.37 bits per heavy atom. The number of ether oxygens (including phenoxy) is 1. The molecule has 1 fully saturated rings. The number of nitrogens with zero attached hydrogens (tertiary/aromatic N) is 2. The summed E-state index contributed by atoms with van der Waals surface area (Å²) in [5, 5.41) is 4.44. The number of carbonyl (C=O) groups is 1. The van der Waals surface area contributed by atoms with Gasteiger partial charge < -0.3 is 4.74 Å². The lowest BCUT2D eigenvalue weighted by Crippen LogP contribution is -2.47. The molecule has 3 aliphatic rings. The van der Waals surface area contributed by atoms with E-state index < -0.39 is 0 Å². The van der Waals surface area contributed by atoms with Gasteiger partial charge in [0.2, 0.25) is 0 Å². The van der Waals surface area contributed by atoms with Crippen LogP contribution in [-0.4, -0.2) is 34.7 Å². The normalized spacial score (nSPS) is 29.8. The van der Waals surface area contributed by atoms with Crippen LogP contribution in [-0.2, 0) is 9.53 Å². The largest absolute Gasteiger partial charge is 0.464 e. The van der Waals surface area contributed by atoms with Crippen molar-refractivity contribution < 1.29 is 9.53 Å². The van der Waals surface area contributed by atoms with Gasteiger partial charge in [-0.1, -0.05) is 13.8 Å². The highest BCUT2D eigenvalue weighted by atomic mass is 16.5. The van der Waals surface area contributed by atoms with Crippen molar-refractivity contribution in [3.8, 4) is 0 Å². The van der Waals surface area contributed by atoms with E-state index in [4.69, 9.17) is 4.74 Å². The number of esters is 1. The van der Waals surface area contributed by atoms with Gasteiger partial charge in [-0.3, -0.25) is 10.0 Å². The molecule has 0 N–H and O–H groups in total. The van der Waals surface area contributed by atoms with Crippen LogP contribution in [0, 0.1) is 5.41 Å². The Bertz CT molecular complexity index is 528. The summed E-state index contributed by atoms with van der Waals surface area (Å²) in [6.45, 7) is 11.1. The molecule has 0 aliphatic carbocycles. The molecule has 1 saturated heterocycles. The molecule has 4 nitrogen and oxygen atoms in total. The van der Waals surface area contributed by atoms with Crippen LogP contribution in [0.25, 0.3) is 0 Å². The molecule has 1 unspecified atom stereocenters. The van der Waals surface area contributed by atoms with Gasteiger partial charge in [-0.25, -0.2) is 4.79 Å². The van der Waals surface area contributed by atoms with Crippen molar-refractivity contribution in [1.29, 1.82) is 0 Å². The molecule has 0 radical (unpaired) electrons. The molecule has 0 bridgehead atoms. The third kappa shape index (κ3) is 1.32. The average Bonchev–Trinajstić information content (AvgIpc) is 2.90. The third-order valence-corrected chi connectivity index (χ3v) is 5.01. The molecular weight excluding hydrogens is 240 g/mol. The molecule has 0 aromatic rings. The summed E-state index contributed by atoms with van der Waals surface area (Å²) in [5.41, 5.74) is 3.50. The molecule has 0 aromatic heterocycles. The molecular formula is C15H22N2O2. The first kappa shape index (κ1) is 12.6. The Balaban J connectivity index is 2.15. The maximum absolute atomic E-state index is 12.0. The lowest BCUT2D eigenvalue weighted by Gasteiger charge is -2.38. The summed E-state index contributed by atoms with van der Waals surface area (Å²) in [4.78, 5) is 12.0. The summed E-state index contributed by atoms with van der Waals surface area (Å²) < 4.78 is 4.95. The zero-order valence-electron chi connectivity index (χ0n) is 12.6. The summed E-state index contributed by atoms with van der Waals surface area (Å²) in [5.74, 6) is -0.239. The third-order valence-electron chi connectivity index (χ3n) is 5.01. The van der Waals surface area contributed by atoms with Crippen molar-refractivity contribution in [2.75, 3.05) is 7.11 Å². The van der Waals surface area contributed by atoms with E-state index in [0.717, 1.165) is 6.42 Å². The van der Waals surface area contributed by atoms with Crippen LogP contribution in [0.15, 0.2) is 23.0 Å². The van der Waals surface area contributed by atoms with Crippen molar-refractivity contribution in [2.24, 2.45) is 5.41 Å². The van der Waals surface area contributed by atoms with E-state index in [0.29, 0.717) is 5.70 Å². The summed E-state index contributed by atoms with van der Waals surface area (Å²) >= 11 is 0. The van der Waals surface area contributed by atoms with Gasteiger partial charge >= 0.3 is 5.97 Å². The molecule has 0 spiro atoms. The first-order valence-electron chi connectivity index (χ1n) is 6.81. The van der Waals surface area contributed by atoms with Crippen molar-refractivity contribution in [3.05, 3.63) is 23.0 Å². The number of hydrazine groups is 1. The molecule has 104 valence electrons. The molecule has 3 rings (SSSR count). The van der Waals surface area contributed by atoms with E-state index >= 15 is 0 Å². The molecule has 1 atom stereocenters. The van der Waals surface area contributed by atoms with Gasteiger partial charge in [-0.2, -0.15) is 0 Å². The Morgan fingerprint density at radius 3 is 2.58 bits per heavy atom. The Labute approximate surface area is 114 Å². The quantitative estimate of drug-likeness (QED) is 0.680. The maximum atomic E-state index is 12.0. The Morgan fingerprint density at radius 2 is 2.00 bits per heavy atom. The minimum Gasteiger partial charge on any atom is -0.464 e. The summed E-state index contributed by atoms with van der Waals surface area (Å²) in [6.07, 6.45) is 3.05. The van der Waals surface area contributed by atoms with Crippen LogP contribution in [0.4, 0.5) is 0 Å². The minimum absolute atomic E-state index is 0.0676. The van der Waals surface area contributed by atoms with Crippen LogP contribution >= 0.6 is 0 Å². The van der Waals surface area contributed by atoms with Gasteiger partial charge in [-0.15, -0.1) is 0 Å². The fourth-order valence-corrected chi connectivity index (χ4v) is 3.67. The highest BCUT2D eigenvalue weighted by Crippen LogP contribution is 2.56. The van der Waals surface area contributed by atoms with Gasteiger partial charge in [0.05, 0.1) is 18.7 Å². The maximum Gasteiger partial charge on any atom is 0.355 e. The number of methoxy groups -OCH3 is 1. The number of hydrogen-bond donors (Lipinski definition) is 0. The second-order valence-electron chi connectivity index (χ2n) is 6.93. The molecule has 19 heavy (non-hydrogen) atoms. The van der Waals surface area contributed by atoms with Gasteiger partial charge in [0.25, 0.3) is 0 Å². The molecule has 4 heteroatoms. The number of rotatable bonds is 1. The lowest BCUT2D eigenvalue weighted by molar-refractivity contribution is -0.140. The number of hydrogen-bond acceptors (Lipinski definition) is 4. The fourth-order valence-electron chi connectivity index (χ4n) is 3.67. The standard InChI is InChI=1S/C15H22N2O2/c1-9-11-8-14(2,3)17-10(13(18)19-6)7-12(16(11)17)15(9,4)5/h7,12H,8H2,1-6H3. The first-order chi connectivity index (χ1) is 8.71. The predicted octanol–water partition coefficient (Wildman–Crippen LogP) is 2.44. The fraction of sp³-hybridized carbons (Fsp3) is 0.667. The van der Waals surface area contributed by atoms with Gasteiger partial charge in [0.15, 0.2) is 0 Å². The molecule has 0 aromatic carbocycles. The van der Waals surface area contributed by atoms with Crippen LogP contribution in [0.2, 0.25) is 0 Å². The second kappa shape index (κ2) is 3.35. The van der Waals surface area contributed by atoms with E-state index in [1.807, 2.05) is 0 Å². The number of carbonyl (C=O) groups excluding carboxylic acids is 1. The highest BCUT2D eigenvalue weighted by Gasteiger charge is 2.58. The summed E-state index contributed by atoms with van der Waals surface area (Å²) in [7, 11) is 1.45. The van der Waals surface area contributed by atoms with E-state index in [1.165, 1.54) is 18.4 Å². The minimum atomic E-state index is -0.239. The molecule has 3 heterocycles. The zero-order valence-corrected chi connectivity index (χ0v) is 12.6. The van der Waals surface area contributed by atoms with Crippen molar-refractivity contribution in [3.63, 3.8) is 0 Å². The van der Waals surface area contributed by atoms with Crippen molar-refractivity contribution in [1.82, 2.24) is 10.0 Å². The zero-order chi connectivity index (χ0) is 14.2. The first-order valence-corrected chi connectivity index (χ1v) is 6.81. The van der Waals surface area contributed by atoms with E-state index in [2.05, 4.69) is 50.7 Å². The van der Waals surface area contributed by atoms with Crippen LogP contribution < -0.4 is 0 Å². The van der Waals surface area contributed by atoms with Crippen LogP contribution in [0.1, 0.15) is 41.0 Å². The Hall–Kier alpha value is -1.45. The van der Waals surface area contributed by atoms with E-state index in [-0.39, 0.29) is 23.0 Å². The monoisotopic (exact) mass is 262 g/mol. The Kier molecular flexibility index (Phi) is 2.22. The van der Waals surface area contributed by atoms with Crippen molar-refractivity contribution >= 4 is 5.97 Å². The van der Waals surface area contributed by atoms with Gasteiger partial charge in [-0.05, 0) is 32.4 Å². The van der Waals surface area contributed by atoms with Crippen LogP contribution in [0.5, 0.6) is 0 Å². The van der Waals surface area contributed by atoms with Gasteiger partial charge in [0, 0.05) is 17.5 Å². The lowest BCUT2D eigenvalue weighted by atomic mass is 9.80.